The van der Waals surface area contributed by atoms with Crippen LogP contribution in [0.25, 0.3) is 6.08 Å². The highest BCUT2D eigenvalue weighted by molar-refractivity contribution is 9.10. The molecule has 10 heteroatoms. The second-order valence-corrected chi connectivity index (χ2v) is 6.47. The first-order valence-corrected chi connectivity index (χ1v) is 8.70. The number of amides is 2. The Morgan fingerprint density at radius 3 is 2.70 bits per heavy atom. The van der Waals surface area contributed by atoms with Gasteiger partial charge in [-0.25, -0.2) is 4.79 Å². The number of carbonyl (C=O) groups is 3. The maximum Gasteiger partial charge on any atom is 0.341 e. The fraction of sp³-hybridized carbons (Fsp3) is 0.176. The van der Waals surface area contributed by atoms with E-state index in [1.165, 1.54) is 36.3 Å². The van der Waals surface area contributed by atoms with Crippen molar-refractivity contribution in [3.05, 3.63) is 40.4 Å². The van der Waals surface area contributed by atoms with Gasteiger partial charge in [0.25, 0.3) is 11.8 Å². The molecule has 0 aromatic heterocycles. The van der Waals surface area contributed by atoms with Crippen molar-refractivity contribution in [3.8, 4) is 11.5 Å². The van der Waals surface area contributed by atoms with Gasteiger partial charge in [-0.05, 0) is 36.0 Å². The van der Waals surface area contributed by atoms with Gasteiger partial charge in [0, 0.05) is 11.0 Å². The van der Waals surface area contributed by atoms with E-state index in [-0.39, 0.29) is 28.7 Å². The minimum Gasteiger partial charge on any atom is -0.493 e. The van der Waals surface area contributed by atoms with Crippen molar-refractivity contribution in [2.75, 3.05) is 20.3 Å². The zero-order chi connectivity index (χ0) is 20.1. The third-order valence-corrected chi connectivity index (χ3v) is 4.44. The van der Waals surface area contributed by atoms with Crippen LogP contribution in [-0.4, -0.2) is 53.2 Å². The lowest BCUT2D eigenvalue weighted by molar-refractivity contribution is -0.139. The van der Waals surface area contributed by atoms with Crippen LogP contribution < -0.4 is 14.8 Å². The van der Waals surface area contributed by atoms with Gasteiger partial charge in [-0.2, -0.15) is 0 Å². The lowest BCUT2D eigenvalue weighted by Gasteiger charge is -2.27. The monoisotopic (exact) mass is 454 g/mol. The van der Waals surface area contributed by atoms with Crippen LogP contribution in [0.1, 0.15) is 5.56 Å². The molecule has 1 heterocycles. The molecule has 1 aromatic carbocycles. The summed E-state index contributed by atoms with van der Waals surface area (Å²) in [5.74, 6) is -1.87. The highest BCUT2D eigenvalue weighted by Gasteiger charge is 2.32. The van der Waals surface area contributed by atoms with Crippen LogP contribution in [0, 0.1) is 0 Å². The second-order valence-electron chi connectivity index (χ2n) is 5.23. The largest absolute Gasteiger partial charge is 0.493 e. The number of rotatable bonds is 7. The van der Waals surface area contributed by atoms with Gasteiger partial charge in [-0.3, -0.25) is 19.8 Å². The Morgan fingerprint density at radius 1 is 1.41 bits per heavy atom. The fourth-order valence-electron chi connectivity index (χ4n) is 2.22. The summed E-state index contributed by atoms with van der Waals surface area (Å²) in [6.07, 6.45) is 2.87. The molecule has 1 aromatic rings. The molecule has 1 fully saturated rings. The average Bonchev–Trinajstić information content (AvgIpc) is 2.61. The number of ether oxygens (including phenoxy) is 2. The lowest BCUT2D eigenvalue weighted by Crippen LogP contribution is -2.53. The number of nitrogens with one attached hydrogen (secondary N) is 1. The summed E-state index contributed by atoms with van der Waals surface area (Å²) in [5.41, 5.74) is 0.340. The van der Waals surface area contributed by atoms with Crippen LogP contribution in [0.5, 0.6) is 11.5 Å². The maximum absolute atomic E-state index is 12.6. The molecule has 8 nitrogen and oxygen atoms in total. The van der Waals surface area contributed by atoms with E-state index in [9.17, 15) is 14.4 Å². The number of nitrogens with zero attached hydrogens (tertiary/aromatic N) is 1. The van der Waals surface area contributed by atoms with Crippen molar-refractivity contribution in [2.24, 2.45) is 0 Å². The zero-order valence-electron chi connectivity index (χ0n) is 14.2. The molecule has 1 saturated heterocycles. The van der Waals surface area contributed by atoms with Crippen molar-refractivity contribution < 1.29 is 29.0 Å². The Hall–Kier alpha value is -2.72. The molecule has 0 spiro atoms. The number of methoxy groups -OCH3 is 1. The Kier molecular flexibility index (Phi) is 6.70. The molecule has 0 bridgehead atoms. The Labute approximate surface area is 168 Å². The number of aliphatic carboxylic acids is 1. The van der Waals surface area contributed by atoms with Gasteiger partial charge in [0.15, 0.2) is 23.2 Å². The van der Waals surface area contributed by atoms with Crippen molar-refractivity contribution in [2.45, 2.75) is 0 Å². The smallest absolute Gasteiger partial charge is 0.341 e. The summed E-state index contributed by atoms with van der Waals surface area (Å²) in [4.78, 5) is 36.7. The SMILES string of the molecule is C=CCN1C(=O)/C(=C/c2cc(OC)c(OCC(=O)O)cc2Br)C(=O)NC1=S. The van der Waals surface area contributed by atoms with Crippen molar-refractivity contribution >= 4 is 57.1 Å². The number of carboxylic acid groups (broad SMARTS) is 1. The molecule has 0 saturated carbocycles. The van der Waals surface area contributed by atoms with Gasteiger partial charge in [-0.15, -0.1) is 6.58 Å². The van der Waals surface area contributed by atoms with Gasteiger partial charge in [0.1, 0.15) is 5.57 Å². The van der Waals surface area contributed by atoms with Crippen LogP contribution >= 0.6 is 28.1 Å². The van der Waals surface area contributed by atoms with E-state index in [2.05, 4.69) is 27.8 Å². The Morgan fingerprint density at radius 2 is 2.11 bits per heavy atom. The van der Waals surface area contributed by atoms with Crippen LogP contribution in [0.3, 0.4) is 0 Å². The minimum absolute atomic E-state index is 0.0103. The number of thiocarbonyl (C=S) groups is 1. The summed E-state index contributed by atoms with van der Waals surface area (Å²) in [5, 5.41) is 11.2. The quantitative estimate of drug-likeness (QED) is 0.279. The lowest BCUT2D eigenvalue weighted by atomic mass is 10.1. The first-order chi connectivity index (χ1) is 12.8. The molecular formula is C17H15BrN2O6S. The Bertz CT molecular complexity index is 867. The van der Waals surface area contributed by atoms with E-state index in [1.54, 1.807) is 0 Å². The van der Waals surface area contributed by atoms with Gasteiger partial charge in [-0.1, -0.05) is 22.0 Å². The molecule has 0 unspecified atom stereocenters. The molecule has 142 valence electrons. The summed E-state index contributed by atoms with van der Waals surface area (Å²) >= 11 is 8.32. The number of carbonyl (C=O) groups excluding carboxylic acids is 2. The molecule has 2 rings (SSSR count). The molecule has 2 N–H and O–H groups in total. The molecule has 0 radical (unpaired) electrons. The molecule has 2 amide bonds. The fourth-order valence-corrected chi connectivity index (χ4v) is 2.90. The molecule has 1 aliphatic heterocycles. The predicted molar refractivity (Wildman–Crippen MR) is 104 cm³/mol. The average molecular weight is 455 g/mol. The predicted octanol–water partition coefficient (Wildman–Crippen LogP) is 1.73. The first kappa shape index (κ1) is 20.6. The van der Waals surface area contributed by atoms with Crippen molar-refractivity contribution in [1.29, 1.82) is 0 Å². The topological polar surface area (TPSA) is 105 Å². The van der Waals surface area contributed by atoms with E-state index >= 15 is 0 Å². The molecule has 0 atom stereocenters. The van der Waals surface area contributed by atoms with Gasteiger partial charge in [0.05, 0.1) is 7.11 Å². The van der Waals surface area contributed by atoms with Crippen LogP contribution in [0.15, 0.2) is 34.8 Å². The highest BCUT2D eigenvalue weighted by Crippen LogP contribution is 2.35. The van der Waals surface area contributed by atoms with Gasteiger partial charge >= 0.3 is 5.97 Å². The molecule has 0 aliphatic carbocycles. The standard InChI is InChI=1S/C17H15BrN2O6S/c1-3-4-20-16(24)10(15(23)19-17(20)27)5-9-6-12(25-2)13(7-11(9)18)26-8-14(21)22/h3,5-7H,1,4,8H2,2H3,(H,21,22)(H,19,23,27)/b10-5+. The summed E-state index contributed by atoms with van der Waals surface area (Å²) in [7, 11) is 1.39. The van der Waals surface area contributed by atoms with Gasteiger partial charge in [0.2, 0.25) is 0 Å². The normalized spacial score (nSPS) is 15.6. The number of carboxylic acids is 1. The first-order valence-electron chi connectivity index (χ1n) is 7.50. The number of benzene rings is 1. The zero-order valence-corrected chi connectivity index (χ0v) is 16.6. The van der Waals surface area contributed by atoms with E-state index in [1.807, 2.05) is 0 Å². The number of halogens is 1. The minimum atomic E-state index is -1.14. The maximum atomic E-state index is 12.6. The molecular weight excluding hydrogens is 440 g/mol. The summed E-state index contributed by atoms with van der Waals surface area (Å²) < 4.78 is 10.8. The van der Waals surface area contributed by atoms with E-state index in [0.717, 1.165) is 0 Å². The second kappa shape index (κ2) is 8.78. The van der Waals surface area contributed by atoms with Crippen LogP contribution in [0.4, 0.5) is 0 Å². The van der Waals surface area contributed by atoms with Crippen LogP contribution in [-0.2, 0) is 14.4 Å². The van der Waals surface area contributed by atoms with Crippen molar-refractivity contribution in [3.63, 3.8) is 0 Å². The van der Waals surface area contributed by atoms with Crippen molar-refractivity contribution in [1.82, 2.24) is 10.2 Å². The van der Waals surface area contributed by atoms with Crippen LogP contribution in [0.2, 0.25) is 0 Å². The van der Waals surface area contributed by atoms with Gasteiger partial charge < -0.3 is 14.6 Å². The number of hydrogen-bond acceptors (Lipinski definition) is 6. The Balaban J connectivity index is 2.43. The molecule has 27 heavy (non-hydrogen) atoms. The van der Waals surface area contributed by atoms with E-state index in [4.69, 9.17) is 26.8 Å². The summed E-state index contributed by atoms with van der Waals surface area (Å²) in [6.45, 7) is 3.17. The third-order valence-electron chi connectivity index (χ3n) is 3.43. The number of hydrogen-bond donors (Lipinski definition) is 2. The highest BCUT2D eigenvalue weighted by atomic mass is 79.9. The van der Waals surface area contributed by atoms with E-state index < -0.39 is 24.4 Å². The summed E-state index contributed by atoms with van der Waals surface area (Å²) in [6, 6.07) is 3.01. The van der Waals surface area contributed by atoms with E-state index in [0.29, 0.717) is 10.0 Å². The third kappa shape index (κ3) is 4.72. The molecule has 1 aliphatic rings.